The van der Waals surface area contributed by atoms with E-state index >= 15 is 0 Å². The fourth-order valence-electron chi connectivity index (χ4n) is 2.14. The third kappa shape index (κ3) is 3.03. The molecule has 3 heteroatoms. The predicted molar refractivity (Wildman–Crippen MR) is 81.4 cm³/mol. The summed E-state index contributed by atoms with van der Waals surface area (Å²) >= 11 is 0. The highest BCUT2D eigenvalue weighted by Gasteiger charge is 2.27. The van der Waals surface area contributed by atoms with Crippen molar-refractivity contribution in [3.05, 3.63) is 35.9 Å². The van der Waals surface area contributed by atoms with Gasteiger partial charge in [0.2, 0.25) is 0 Å². The second-order valence-electron chi connectivity index (χ2n) is 4.63. The fourth-order valence-corrected chi connectivity index (χ4v) is 2.14. The molecule has 104 valence electrons. The molecule has 1 aliphatic rings. The second kappa shape index (κ2) is 6.81. The first-order valence-electron chi connectivity index (χ1n) is 6.90. The quantitative estimate of drug-likeness (QED) is 0.603. The van der Waals surface area contributed by atoms with Crippen LogP contribution >= 0.6 is 0 Å². The van der Waals surface area contributed by atoms with Crippen LogP contribution in [0.3, 0.4) is 0 Å². The van der Waals surface area contributed by atoms with E-state index in [1.54, 1.807) is 4.90 Å². The summed E-state index contributed by atoms with van der Waals surface area (Å²) in [6.07, 6.45) is 6.64. The Morgan fingerprint density at radius 2 is 2.20 bits per heavy atom. The summed E-state index contributed by atoms with van der Waals surface area (Å²) in [5, 5.41) is 0. The molecule has 20 heavy (non-hydrogen) atoms. The molecule has 3 nitrogen and oxygen atoms in total. The van der Waals surface area contributed by atoms with E-state index in [0.717, 1.165) is 30.5 Å². The van der Waals surface area contributed by atoms with E-state index in [-0.39, 0.29) is 12.1 Å². The van der Waals surface area contributed by atoms with Crippen molar-refractivity contribution in [2.24, 2.45) is 0 Å². The first-order chi connectivity index (χ1) is 9.77. The number of fused-ring (bicyclic) bond motifs is 1. The van der Waals surface area contributed by atoms with E-state index in [0.29, 0.717) is 0 Å². The lowest BCUT2D eigenvalue weighted by atomic mass is 10.0. The van der Waals surface area contributed by atoms with E-state index < -0.39 is 0 Å². The molecule has 0 aliphatic carbocycles. The third-order valence-electron chi connectivity index (χ3n) is 3.21. The molecule has 1 unspecified atom stereocenters. The number of benzene rings is 1. The molecular formula is C17H19NO2. The van der Waals surface area contributed by atoms with Gasteiger partial charge in [-0.05, 0) is 24.1 Å². The summed E-state index contributed by atoms with van der Waals surface area (Å²) in [5.74, 6) is 6.30. The number of unbranched alkanes of at least 4 members (excludes halogenated alkanes) is 2. The van der Waals surface area contributed by atoms with E-state index in [9.17, 15) is 4.79 Å². The Bertz CT molecular complexity index is 566. The molecule has 1 amide bonds. The Morgan fingerprint density at radius 3 is 2.95 bits per heavy atom. The number of carbonyl (C=O) groups is 1. The van der Waals surface area contributed by atoms with Gasteiger partial charge in [-0.3, -0.25) is 4.90 Å². The van der Waals surface area contributed by atoms with Crippen LogP contribution in [0.25, 0.3) is 6.08 Å². The van der Waals surface area contributed by atoms with Gasteiger partial charge < -0.3 is 4.74 Å². The number of methoxy groups -OCH3 is 1. The molecule has 0 radical (unpaired) electrons. The first-order valence-corrected chi connectivity index (χ1v) is 6.90. The van der Waals surface area contributed by atoms with Crippen molar-refractivity contribution in [2.45, 2.75) is 32.2 Å². The average molecular weight is 269 g/mol. The minimum atomic E-state index is -0.378. The lowest BCUT2D eigenvalue weighted by Crippen LogP contribution is -2.40. The average Bonchev–Trinajstić information content (AvgIpc) is 2.50. The molecule has 0 N–H and O–H groups in total. The molecule has 1 atom stereocenters. The number of rotatable bonds is 2. The van der Waals surface area contributed by atoms with Crippen LogP contribution in [0.15, 0.2) is 30.3 Å². The lowest BCUT2D eigenvalue weighted by Gasteiger charge is -2.29. The Hall–Kier alpha value is -2.21. The topological polar surface area (TPSA) is 29.5 Å². The maximum absolute atomic E-state index is 12.0. The Kier molecular flexibility index (Phi) is 4.84. The number of ether oxygens (including phenoxy) is 1. The van der Waals surface area contributed by atoms with Crippen molar-refractivity contribution in [1.82, 2.24) is 0 Å². The predicted octanol–water partition coefficient (Wildman–Crippen LogP) is 3.85. The van der Waals surface area contributed by atoms with Crippen LogP contribution in [0.5, 0.6) is 0 Å². The Morgan fingerprint density at radius 1 is 1.40 bits per heavy atom. The molecule has 1 aliphatic heterocycles. The largest absolute Gasteiger partial charge is 0.452 e. The maximum atomic E-state index is 12.0. The number of hydrogen-bond acceptors (Lipinski definition) is 2. The van der Waals surface area contributed by atoms with Gasteiger partial charge in [-0.15, -0.1) is 5.92 Å². The highest BCUT2D eigenvalue weighted by molar-refractivity contribution is 5.94. The summed E-state index contributed by atoms with van der Waals surface area (Å²) in [4.78, 5) is 13.6. The van der Waals surface area contributed by atoms with Crippen LogP contribution in [0, 0.1) is 11.8 Å². The molecule has 1 aromatic rings. The number of amides is 1. The summed E-state index contributed by atoms with van der Waals surface area (Å²) < 4.78 is 4.89. The van der Waals surface area contributed by atoms with E-state index in [1.807, 2.05) is 36.4 Å². The van der Waals surface area contributed by atoms with Gasteiger partial charge in [0, 0.05) is 6.42 Å². The number of nitrogens with zero attached hydrogens (tertiary/aromatic N) is 1. The molecule has 0 bridgehead atoms. The zero-order valence-corrected chi connectivity index (χ0v) is 11.9. The normalized spacial score (nSPS) is 16.1. The zero-order chi connectivity index (χ0) is 14.4. The number of hydrogen-bond donors (Lipinski definition) is 0. The zero-order valence-electron chi connectivity index (χ0n) is 11.9. The third-order valence-corrected chi connectivity index (χ3v) is 3.21. The minimum Gasteiger partial charge on any atom is -0.452 e. The molecule has 1 heterocycles. The van der Waals surface area contributed by atoms with E-state index in [2.05, 4.69) is 18.8 Å². The summed E-state index contributed by atoms with van der Waals surface area (Å²) in [6.45, 7) is 2.14. The van der Waals surface area contributed by atoms with Crippen LogP contribution in [0.4, 0.5) is 10.5 Å². The Labute approximate surface area is 120 Å². The van der Waals surface area contributed by atoms with Gasteiger partial charge in [0.05, 0.1) is 12.8 Å². The molecule has 0 spiro atoms. The summed E-state index contributed by atoms with van der Waals surface area (Å²) in [7, 11) is 1.39. The number of carbonyl (C=O) groups excluding carboxylic acids is 1. The van der Waals surface area contributed by atoms with Crippen molar-refractivity contribution >= 4 is 17.9 Å². The van der Waals surface area contributed by atoms with Crippen molar-refractivity contribution in [3.8, 4) is 11.8 Å². The van der Waals surface area contributed by atoms with E-state index in [4.69, 9.17) is 4.74 Å². The molecule has 0 fully saturated rings. The standard InChI is InChI=1S/C17H19NO2/c1-3-4-5-6-10-15-13-12-14-9-7-8-11-16(14)18(15)17(19)20-2/h7-9,11-13,15H,3-5H2,1-2H3. The smallest absolute Gasteiger partial charge is 0.415 e. The van der Waals surface area contributed by atoms with Gasteiger partial charge in [-0.1, -0.05) is 43.5 Å². The first kappa shape index (κ1) is 14.2. The van der Waals surface area contributed by atoms with Gasteiger partial charge >= 0.3 is 6.09 Å². The van der Waals surface area contributed by atoms with Crippen LogP contribution in [0.1, 0.15) is 31.7 Å². The van der Waals surface area contributed by atoms with Crippen molar-refractivity contribution < 1.29 is 9.53 Å². The molecule has 0 aromatic heterocycles. The van der Waals surface area contributed by atoms with Gasteiger partial charge in [0.15, 0.2) is 0 Å². The fraction of sp³-hybridized carbons (Fsp3) is 0.353. The van der Waals surface area contributed by atoms with Crippen LogP contribution in [-0.4, -0.2) is 19.2 Å². The van der Waals surface area contributed by atoms with Gasteiger partial charge in [-0.2, -0.15) is 0 Å². The molecule has 2 rings (SSSR count). The van der Waals surface area contributed by atoms with Crippen molar-refractivity contribution in [1.29, 1.82) is 0 Å². The Balaban J connectivity index is 2.28. The molecular weight excluding hydrogens is 250 g/mol. The van der Waals surface area contributed by atoms with Gasteiger partial charge in [-0.25, -0.2) is 4.79 Å². The van der Waals surface area contributed by atoms with Gasteiger partial charge in [0.1, 0.15) is 6.04 Å². The molecule has 0 saturated carbocycles. The SMILES string of the molecule is CCCCC#CC1C=Cc2ccccc2N1C(=O)OC. The summed E-state index contributed by atoms with van der Waals surface area (Å²) in [6, 6.07) is 7.50. The van der Waals surface area contributed by atoms with Crippen molar-refractivity contribution in [3.63, 3.8) is 0 Å². The van der Waals surface area contributed by atoms with Gasteiger partial charge in [0.25, 0.3) is 0 Å². The number of para-hydroxylation sites is 1. The van der Waals surface area contributed by atoms with E-state index in [1.165, 1.54) is 7.11 Å². The van der Waals surface area contributed by atoms with Crippen molar-refractivity contribution in [2.75, 3.05) is 12.0 Å². The highest BCUT2D eigenvalue weighted by atomic mass is 16.5. The summed E-state index contributed by atoms with van der Waals surface area (Å²) in [5.41, 5.74) is 1.85. The molecule has 1 aromatic carbocycles. The highest BCUT2D eigenvalue weighted by Crippen LogP contribution is 2.29. The monoisotopic (exact) mass is 269 g/mol. The van der Waals surface area contributed by atoms with Crippen LogP contribution in [-0.2, 0) is 4.74 Å². The number of anilines is 1. The maximum Gasteiger partial charge on any atom is 0.415 e. The second-order valence-corrected chi connectivity index (χ2v) is 4.63. The van der Waals surface area contributed by atoms with Crippen LogP contribution in [0.2, 0.25) is 0 Å². The molecule has 0 saturated heterocycles. The lowest BCUT2D eigenvalue weighted by molar-refractivity contribution is 0.178. The minimum absolute atomic E-state index is 0.255. The van der Waals surface area contributed by atoms with Crippen LogP contribution < -0.4 is 4.90 Å².